The predicted octanol–water partition coefficient (Wildman–Crippen LogP) is 2.87. The van der Waals surface area contributed by atoms with Gasteiger partial charge in [-0.2, -0.15) is 5.10 Å². The molecule has 0 fully saturated rings. The number of para-hydroxylation sites is 1. The van der Waals surface area contributed by atoms with Crippen LogP contribution in [0.1, 0.15) is 21.5 Å². The molecule has 1 amide bonds. The first kappa shape index (κ1) is 14.7. The van der Waals surface area contributed by atoms with Crippen molar-refractivity contribution >= 4 is 23.1 Å². The molecule has 1 aromatic heterocycles. The number of rotatable bonds is 3. The summed E-state index contributed by atoms with van der Waals surface area (Å²) in [7, 11) is 0. The van der Waals surface area contributed by atoms with Crippen molar-refractivity contribution in [2.24, 2.45) is 5.10 Å². The molecule has 1 N–H and O–H groups in total. The van der Waals surface area contributed by atoms with Crippen LogP contribution in [-0.4, -0.2) is 12.1 Å². The molecule has 0 saturated carbocycles. The Hall–Kier alpha value is -3.21. The van der Waals surface area contributed by atoms with Gasteiger partial charge in [-0.15, -0.1) is 0 Å². The second-order valence-electron chi connectivity index (χ2n) is 5.10. The van der Waals surface area contributed by atoms with Crippen molar-refractivity contribution < 1.29 is 9.21 Å². The van der Waals surface area contributed by atoms with Crippen LogP contribution in [0.25, 0.3) is 11.0 Å². The SMILES string of the molecule is Cc1cccc(/C=N/NC(=O)c2cc3ccccc3oc2=O)c1. The maximum Gasteiger partial charge on any atom is 0.349 e. The standard InChI is InChI=1S/C18H14N2O3/c1-12-5-4-6-13(9-12)11-19-20-17(21)15-10-14-7-2-3-8-16(14)23-18(15)22/h2-11H,1H3,(H,20,21)/b19-11+. The lowest BCUT2D eigenvalue weighted by molar-refractivity contribution is 0.0951. The highest BCUT2D eigenvalue weighted by molar-refractivity contribution is 5.97. The van der Waals surface area contributed by atoms with Gasteiger partial charge < -0.3 is 4.42 Å². The summed E-state index contributed by atoms with van der Waals surface area (Å²) in [5.41, 5.74) is 3.97. The van der Waals surface area contributed by atoms with Crippen LogP contribution in [-0.2, 0) is 0 Å². The first-order valence-corrected chi connectivity index (χ1v) is 7.06. The van der Waals surface area contributed by atoms with Crippen LogP contribution in [0.5, 0.6) is 0 Å². The monoisotopic (exact) mass is 306 g/mol. The van der Waals surface area contributed by atoms with Gasteiger partial charge in [0.05, 0.1) is 6.21 Å². The summed E-state index contributed by atoms with van der Waals surface area (Å²) in [5, 5.41) is 4.56. The number of nitrogens with zero attached hydrogens (tertiary/aromatic N) is 1. The largest absolute Gasteiger partial charge is 0.422 e. The molecule has 0 unspecified atom stereocenters. The highest BCUT2D eigenvalue weighted by Crippen LogP contribution is 2.12. The molecule has 1 heterocycles. The first-order valence-electron chi connectivity index (χ1n) is 7.06. The number of hydrogen-bond acceptors (Lipinski definition) is 4. The maximum atomic E-state index is 12.1. The number of aryl methyl sites for hydroxylation is 1. The molecule has 23 heavy (non-hydrogen) atoms. The molecule has 2 aromatic carbocycles. The molecule has 0 radical (unpaired) electrons. The topological polar surface area (TPSA) is 71.7 Å². The van der Waals surface area contributed by atoms with Crippen LogP contribution >= 0.6 is 0 Å². The van der Waals surface area contributed by atoms with Gasteiger partial charge in [0.2, 0.25) is 0 Å². The second kappa shape index (κ2) is 6.27. The average molecular weight is 306 g/mol. The molecule has 3 aromatic rings. The molecule has 0 aliphatic heterocycles. The number of hydrazone groups is 1. The minimum atomic E-state index is -0.688. The Balaban J connectivity index is 1.81. The van der Waals surface area contributed by atoms with Crippen LogP contribution in [0.2, 0.25) is 0 Å². The third kappa shape index (κ3) is 3.35. The molecule has 0 aliphatic rings. The number of benzene rings is 2. The first-order chi connectivity index (χ1) is 11.1. The van der Waals surface area contributed by atoms with Crippen molar-refractivity contribution in [3.8, 4) is 0 Å². The molecular weight excluding hydrogens is 292 g/mol. The lowest BCUT2D eigenvalue weighted by Gasteiger charge is -2.01. The fourth-order valence-corrected chi connectivity index (χ4v) is 2.20. The van der Waals surface area contributed by atoms with Crippen LogP contribution in [0, 0.1) is 6.92 Å². The van der Waals surface area contributed by atoms with Crippen molar-refractivity contribution in [3.63, 3.8) is 0 Å². The molecule has 114 valence electrons. The smallest absolute Gasteiger partial charge is 0.349 e. The minimum Gasteiger partial charge on any atom is -0.422 e. The maximum absolute atomic E-state index is 12.1. The van der Waals surface area contributed by atoms with E-state index in [1.165, 1.54) is 12.3 Å². The van der Waals surface area contributed by atoms with E-state index in [0.29, 0.717) is 11.0 Å². The van der Waals surface area contributed by atoms with Crippen molar-refractivity contribution in [2.75, 3.05) is 0 Å². The van der Waals surface area contributed by atoms with E-state index in [2.05, 4.69) is 10.5 Å². The number of fused-ring (bicyclic) bond motifs is 1. The summed E-state index contributed by atoms with van der Waals surface area (Å²) in [6.07, 6.45) is 1.52. The van der Waals surface area contributed by atoms with Crippen LogP contribution in [0.3, 0.4) is 0 Å². The van der Waals surface area contributed by atoms with Crippen LogP contribution < -0.4 is 11.1 Å². The Kier molecular flexibility index (Phi) is 4.01. The van der Waals surface area contributed by atoms with Crippen molar-refractivity contribution in [1.29, 1.82) is 0 Å². The Labute approximate surface area is 132 Å². The Morgan fingerprint density at radius 2 is 1.96 bits per heavy atom. The van der Waals surface area contributed by atoms with E-state index in [9.17, 15) is 9.59 Å². The van der Waals surface area contributed by atoms with Gasteiger partial charge in [-0.1, -0.05) is 48.0 Å². The van der Waals surface area contributed by atoms with Gasteiger partial charge >= 0.3 is 5.63 Å². The van der Waals surface area contributed by atoms with Gasteiger partial charge in [0.15, 0.2) is 0 Å². The van der Waals surface area contributed by atoms with Gasteiger partial charge in [-0.25, -0.2) is 10.2 Å². The highest BCUT2D eigenvalue weighted by Gasteiger charge is 2.12. The van der Waals surface area contributed by atoms with E-state index in [-0.39, 0.29) is 5.56 Å². The fraction of sp³-hybridized carbons (Fsp3) is 0.0556. The normalized spacial score (nSPS) is 11.0. The molecule has 5 nitrogen and oxygen atoms in total. The van der Waals surface area contributed by atoms with E-state index < -0.39 is 11.5 Å². The van der Waals surface area contributed by atoms with Crippen LogP contribution in [0.15, 0.2) is 68.9 Å². The Morgan fingerprint density at radius 1 is 1.13 bits per heavy atom. The molecular formula is C18H14N2O3. The Morgan fingerprint density at radius 3 is 2.78 bits per heavy atom. The zero-order valence-corrected chi connectivity index (χ0v) is 12.4. The molecule has 0 aliphatic carbocycles. The van der Waals surface area contributed by atoms with E-state index in [4.69, 9.17) is 4.42 Å². The minimum absolute atomic E-state index is 0.0786. The van der Waals surface area contributed by atoms with Crippen LogP contribution in [0.4, 0.5) is 0 Å². The summed E-state index contributed by atoms with van der Waals surface area (Å²) in [6, 6.07) is 16.2. The molecule has 0 atom stereocenters. The van der Waals surface area contributed by atoms with Gasteiger partial charge in [0, 0.05) is 5.39 Å². The van der Waals surface area contributed by atoms with Crippen molar-refractivity contribution in [1.82, 2.24) is 5.43 Å². The van der Waals surface area contributed by atoms with Crippen molar-refractivity contribution in [2.45, 2.75) is 6.92 Å². The van der Waals surface area contributed by atoms with E-state index in [0.717, 1.165) is 11.1 Å². The van der Waals surface area contributed by atoms with Gasteiger partial charge in [0.25, 0.3) is 5.91 Å². The number of nitrogens with one attached hydrogen (secondary N) is 1. The predicted molar refractivity (Wildman–Crippen MR) is 88.7 cm³/mol. The highest BCUT2D eigenvalue weighted by atomic mass is 16.4. The number of carbonyl (C=O) groups excluding carboxylic acids is 1. The summed E-state index contributed by atoms with van der Waals surface area (Å²) in [6.45, 7) is 1.97. The lowest BCUT2D eigenvalue weighted by atomic mass is 10.2. The Bertz CT molecular complexity index is 958. The van der Waals surface area contributed by atoms with Gasteiger partial charge in [-0.3, -0.25) is 4.79 Å². The lowest BCUT2D eigenvalue weighted by Crippen LogP contribution is -2.24. The quantitative estimate of drug-likeness (QED) is 0.459. The third-order valence-corrected chi connectivity index (χ3v) is 3.31. The van der Waals surface area contributed by atoms with Gasteiger partial charge in [0.1, 0.15) is 11.1 Å². The summed E-state index contributed by atoms with van der Waals surface area (Å²) in [5.74, 6) is -0.603. The zero-order chi connectivity index (χ0) is 16.2. The number of amides is 1. The summed E-state index contributed by atoms with van der Waals surface area (Å²) in [4.78, 5) is 24.0. The number of hydrogen-bond donors (Lipinski definition) is 1. The van der Waals surface area contributed by atoms with Crippen molar-refractivity contribution in [3.05, 3.63) is 81.7 Å². The molecule has 0 bridgehead atoms. The molecule has 0 saturated heterocycles. The zero-order valence-electron chi connectivity index (χ0n) is 12.4. The summed E-state index contributed by atoms with van der Waals surface area (Å²) >= 11 is 0. The third-order valence-electron chi connectivity index (χ3n) is 3.31. The van der Waals surface area contributed by atoms with E-state index in [1.54, 1.807) is 24.3 Å². The molecule has 3 rings (SSSR count). The van der Waals surface area contributed by atoms with E-state index >= 15 is 0 Å². The second-order valence-corrected chi connectivity index (χ2v) is 5.10. The summed E-state index contributed by atoms with van der Waals surface area (Å²) < 4.78 is 5.13. The molecule has 0 spiro atoms. The van der Waals surface area contributed by atoms with E-state index in [1.807, 2.05) is 31.2 Å². The molecule has 5 heteroatoms. The average Bonchev–Trinajstić information content (AvgIpc) is 2.54. The van der Waals surface area contributed by atoms with Gasteiger partial charge in [-0.05, 0) is 24.6 Å². The fourth-order valence-electron chi connectivity index (χ4n) is 2.20. The number of carbonyl (C=O) groups is 1.